The minimum absolute atomic E-state index is 0.112. The van der Waals surface area contributed by atoms with E-state index in [1.54, 1.807) is 0 Å². The minimum atomic E-state index is -0.112. The van der Waals surface area contributed by atoms with Crippen molar-refractivity contribution in [2.24, 2.45) is 0 Å². The number of hydrogen-bond donors (Lipinski definition) is 1. The molecule has 0 saturated heterocycles. The first kappa shape index (κ1) is 15.9. The lowest BCUT2D eigenvalue weighted by molar-refractivity contribution is -0.113. The predicted octanol–water partition coefficient (Wildman–Crippen LogP) is 2.14. The molecule has 0 aromatic carbocycles. The molecule has 0 fully saturated rings. The first-order chi connectivity index (χ1) is 10.1. The van der Waals surface area contributed by atoms with E-state index >= 15 is 0 Å². The molecule has 0 bridgehead atoms. The van der Waals surface area contributed by atoms with Gasteiger partial charge in [-0.2, -0.15) is 0 Å². The van der Waals surface area contributed by atoms with E-state index in [0.29, 0.717) is 5.13 Å². The Morgan fingerprint density at radius 3 is 2.71 bits per heavy atom. The lowest BCUT2D eigenvalue weighted by Gasteiger charge is -2.06. The van der Waals surface area contributed by atoms with Crippen molar-refractivity contribution in [2.75, 3.05) is 11.1 Å². The Bertz CT molecular complexity index is 609. The number of hydrogen-bond acceptors (Lipinski definition) is 7. The molecule has 0 aliphatic carbocycles. The van der Waals surface area contributed by atoms with E-state index in [2.05, 4.69) is 44.1 Å². The Morgan fingerprint density at radius 1 is 1.29 bits per heavy atom. The fraction of sp³-hybridized carbons (Fsp3) is 0.583. The number of rotatable bonds is 7. The van der Waals surface area contributed by atoms with E-state index in [4.69, 9.17) is 0 Å². The van der Waals surface area contributed by atoms with Gasteiger partial charge in [0, 0.05) is 13.0 Å². The number of carbonyl (C=O) groups excluding carboxylic acids is 1. The van der Waals surface area contributed by atoms with E-state index in [1.807, 2.05) is 6.92 Å². The Balaban J connectivity index is 1.91. The lowest BCUT2D eigenvalue weighted by Crippen LogP contribution is -2.14. The highest BCUT2D eigenvalue weighted by Gasteiger charge is 2.13. The van der Waals surface area contributed by atoms with Gasteiger partial charge in [-0.1, -0.05) is 30.0 Å². The van der Waals surface area contributed by atoms with Crippen LogP contribution in [0.1, 0.15) is 31.1 Å². The van der Waals surface area contributed by atoms with Crippen LogP contribution in [-0.4, -0.2) is 36.6 Å². The molecule has 0 atom stereocenters. The topological polar surface area (TPSA) is 85.6 Å². The molecule has 114 valence electrons. The van der Waals surface area contributed by atoms with Crippen molar-refractivity contribution in [3.8, 4) is 0 Å². The summed E-state index contributed by atoms with van der Waals surface area (Å²) in [6, 6.07) is 0. The summed E-state index contributed by atoms with van der Waals surface area (Å²) in [5.41, 5.74) is 0. The van der Waals surface area contributed by atoms with Gasteiger partial charge in [0.1, 0.15) is 10.8 Å². The van der Waals surface area contributed by atoms with Crippen molar-refractivity contribution < 1.29 is 4.79 Å². The summed E-state index contributed by atoms with van der Waals surface area (Å²) in [5, 5.41) is 20.9. The van der Waals surface area contributed by atoms with Gasteiger partial charge in [-0.3, -0.25) is 10.1 Å². The van der Waals surface area contributed by atoms with Gasteiger partial charge in [0.25, 0.3) is 0 Å². The van der Waals surface area contributed by atoms with Crippen molar-refractivity contribution in [1.82, 2.24) is 25.0 Å². The SMILES string of the molecule is CCCc1nnc(SCC(=O)Nc2nnc(C)s2)n1CC. The quantitative estimate of drug-likeness (QED) is 0.785. The predicted molar refractivity (Wildman–Crippen MR) is 83.7 cm³/mol. The highest BCUT2D eigenvalue weighted by Crippen LogP contribution is 2.19. The molecule has 0 saturated carbocycles. The van der Waals surface area contributed by atoms with Crippen LogP contribution in [0.25, 0.3) is 0 Å². The normalized spacial score (nSPS) is 10.8. The standard InChI is InChI=1S/C12H18N6OS2/c1-4-6-9-15-17-12(18(9)5-2)20-7-10(19)13-11-16-14-8(3)21-11/h4-7H2,1-3H3,(H,13,16,19). The first-order valence-electron chi connectivity index (χ1n) is 6.78. The van der Waals surface area contributed by atoms with Crippen molar-refractivity contribution in [3.05, 3.63) is 10.8 Å². The summed E-state index contributed by atoms with van der Waals surface area (Å²) in [6.07, 6.45) is 1.93. The second kappa shape index (κ2) is 7.51. The van der Waals surface area contributed by atoms with Gasteiger partial charge >= 0.3 is 0 Å². The van der Waals surface area contributed by atoms with Gasteiger partial charge in [0.2, 0.25) is 11.0 Å². The Labute approximate surface area is 131 Å². The Hall–Kier alpha value is -1.48. The fourth-order valence-corrected chi connectivity index (χ4v) is 3.21. The number of amides is 1. The maximum atomic E-state index is 11.9. The molecule has 0 aliphatic rings. The second-order valence-electron chi connectivity index (χ2n) is 4.36. The van der Waals surface area contributed by atoms with Crippen LogP contribution >= 0.6 is 23.1 Å². The molecule has 0 spiro atoms. The molecule has 21 heavy (non-hydrogen) atoms. The van der Waals surface area contributed by atoms with Gasteiger partial charge in [-0.25, -0.2) is 0 Å². The van der Waals surface area contributed by atoms with E-state index in [1.165, 1.54) is 23.1 Å². The molecule has 0 radical (unpaired) electrons. The van der Waals surface area contributed by atoms with E-state index < -0.39 is 0 Å². The highest BCUT2D eigenvalue weighted by molar-refractivity contribution is 7.99. The average Bonchev–Trinajstić information content (AvgIpc) is 3.03. The minimum Gasteiger partial charge on any atom is -0.306 e. The maximum absolute atomic E-state index is 11.9. The number of nitrogens with one attached hydrogen (secondary N) is 1. The maximum Gasteiger partial charge on any atom is 0.236 e. The average molecular weight is 326 g/mol. The van der Waals surface area contributed by atoms with Crippen LogP contribution in [-0.2, 0) is 17.8 Å². The summed E-state index contributed by atoms with van der Waals surface area (Å²) in [7, 11) is 0. The molecular formula is C12H18N6OS2. The molecule has 7 nitrogen and oxygen atoms in total. The molecule has 2 aromatic rings. The lowest BCUT2D eigenvalue weighted by atomic mass is 10.3. The van der Waals surface area contributed by atoms with E-state index in [-0.39, 0.29) is 11.7 Å². The van der Waals surface area contributed by atoms with Crippen LogP contribution in [0.15, 0.2) is 5.16 Å². The Morgan fingerprint density at radius 2 is 2.10 bits per heavy atom. The molecule has 2 heterocycles. The van der Waals surface area contributed by atoms with E-state index in [0.717, 1.165) is 35.4 Å². The molecular weight excluding hydrogens is 308 g/mol. The van der Waals surface area contributed by atoms with Crippen molar-refractivity contribution in [2.45, 2.75) is 45.3 Å². The molecule has 2 aromatic heterocycles. The molecule has 0 unspecified atom stereocenters. The number of nitrogens with zero attached hydrogens (tertiary/aromatic N) is 5. The fourth-order valence-electron chi connectivity index (χ4n) is 1.78. The van der Waals surface area contributed by atoms with Gasteiger partial charge in [-0.15, -0.1) is 20.4 Å². The number of aryl methyl sites for hydroxylation is 2. The third-order valence-electron chi connectivity index (χ3n) is 2.69. The zero-order valence-electron chi connectivity index (χ0n) is 12.3. The highest BCUT2D eigenvalue weighted by atomic mass is 32.2. The van der Waals surface area contributed by atoms with Crippen LogP contribution in [0.5, 0.6) is 0 Å². The first-order valence-corrected chi connectivity index (χ1v) is 8.59. The third kappa shape index (κ3) is 4.24. The number of thioether (sulfide) groups is 1. The molecule has 0 aliphatic heterocycles. The van der Waals surface area contributed by atoms with Gasteiger partial charge < -0.3 is 4.57 Å². The van der Waals surface area contributed by atoms with Crippen molar-refractivity contribution in [3.63, 3.8) is 0 Å². The molecule has 1 amide bonds. The van der Waals surface area contributed by atoms with Crippen LogP contribution in [0.2, 0.25) is 0 Å². The van der Waals surface area contributed by atoms with Gasteiger partial charge in [0.15, 0.2) is 5.16 Å². The van der Waals surface area contributed by atoms with Crippen molar-refractivity contribution >= 4 is 34.1 Å². The van der Waals surface area contributed by atoms with Gasteiger partial charge in [0.05, 0.1) is 5.75 Å². The largest absolute Gasteiger partial charge is 0.306 e. The van der Waals surface area contributed by atoms with Crippen LogP contribution < -0.4 is 5.32 Å². The monoisotopic (exact) mass is 326 g/mol. The van der Waals surface area contributed by atoms with Crippen LogP contribution in [0, 0.1) is 6.92 Å². The number of aromatic nitrogens is 5. The van der Waals surface area contributed by atoms with Crippen LogP contribution in [0.3, 0.4) is 0 Å². The smallest absolute Gasteiger partial charge is 0.236 e. The number of anilines is 1. The summed E-state index contributed by atoms with van der Waals surface area (Å²) >= 11 is 2.75. The summed E-state index contributed by atoms with van der Waals surface area (Å²) in [4.78, 5) is 11.9. The molecule has 2 rings (SSSR count). The third-order valence-corrected chi connectivity index (χ3v) is 4.41. The molecule has 1 N–H and O–H groups in total. The number of carbonyl (C=O) groups is 1. The zero-order chi connectivity index (χ0) is 15.2. The summed E-state index contributed by atoms with van der Waals surface area (Å²) in [6.45, 7) is 6.82. The molecule has 9 heteroatoms. The van der Waals surface area contributed by atoms with Crippen molar-refractivity contribution in [1.29, 1.82) is 0 Å². The Kier molecular flexibility index (Phi) is 5.68. The van der Waals surface area contributed by atoms with Gasteiger partial charge in [-0.05, 0) is 20.3 Å². The summed E-state index contributed by atoms with van der Waals surface area (Å²) in [5.74, 6) is 1.14. The summed E-state index contributed by atoms with van der Waals surface area (Å²) < 4.78 is 2.05. The second-order valence-corrected chi connectivity index (χ2v) is 6.48. The van der Waals surface area contributed by atoms with Crippen LogP contribution in [0.4, 0.5) is 5.13 Å². The zero-order valence-corrected chi connectivity index (χ0v) is 13.9. The van der Waals surface area contributed by atoms with E-state index in [9.17, 15) is 4.79 Å².